The van der Waals surface area contributed by atoms with Gasteiger partial charge in [-0.1, -0.05) is 6.07 Å². The molecule has 1 aromatic rings. The second-order valence-electron chi connectivity index (χ2n) is 3.67. The summed E-state index contributed by atoms with van der Waals surface area (Å²) in [4.78, 5) is 0. The molecule has 19 heavy (non-hydrogen) atoms. The Morgan fingerprint density at radius 3 is 2.68 bits per heavy atom. The molecule has 0 fully saturated rings. The molecular formula is C13H13BrF3NO. The van der Waals surface area contributed by atoms with E-state index in [0.717, 1.165) is 18.5 Å². The van der Waals surface area contributed by atoms with E-state index in [1.54, 1.807) is 19.1 Å². The summed E-state index contributed by atoms with van der Waals surface area (Å²) in [6.07, 6.45) is -3.94. The summed E-state index contributed by atoms with van der Waals surface area (Å²) < 4.78 is 40.4. The van der Waals surface area contributed by atoms with Crippen LogP contribution in [-0.2, 0) is 6.54 Å². The van der Waals surface area contributed by atoms with Crippen molar-refractivity contribution < 1.29 is 17.9 Å². The molecule has 104 valence electrons. The normalized spacial score (nSPS) is 10.8. The molecule has 0 aromatic heterocycles. The highest BCUT2D eigenvalue weighted by molar-refractivity contribution is 9.10. The molecule has 0 aliphatic rings. The second kappa shape index (κ2) is 7.41. The van der Waals surface area contributed by atoms with Crippen LogP contribution in [0.5, 0.6) is 5.75 Å². The van der Waals surface area contributed by atoms with Crippen molar-refractivity contribution in [3.63, 3.8) is 0 Å². The first-order chi connectivity index (χ1) is 8.92. The van der Waals surface area contributed by atoms with Gasteiger partial charge in [0.1, 0.15) is 5.75 Å². The number of ether oxygens (including phenoxy) is 1. The van der Waals surface area contributed by atoms with Crippen LogP contribution in [0, 0.1) is 11.8 Å². The first-order valence-electron chi connectivity index (χ1n) is 5.57. The monoisotopic (exact) mass is 335 g/mol. The first kappa shape index (κ1) is 15.9. The fourth-order valence-corrected chi connectivity index (χ4v) is 1.88. The Bertz CT molecular complexity index is 477. The number of alkyl halides is 3. The van der Waals surface area contributed by atoms with Gasteiger partial charge in [0, 0.05) is 19.5 Å². The summed E-state index contributed by atoms with van der Waals surface area (Å²) in [6, 6.07) is 4.48. The summed E-state index contributed by atoms with van der Waals surface area (Å²) in [6.45, 7) is 3.08. The molecule has 0 heterocycles. The molecule has 0 saturated heterocycles. The van der Waals surface area contributed by atoms with Crippen molar-refractivity contribution in [1.29, 1.82) is 0 Å². The average molecular weight is 336 g/mol. The minimum atomic E-state index is -4.68. The van der Waals surface area contributed by atoms with Crippen LogP contribution in [0.15, 0.2) is 22.7 Å². The highest BCUT2D eigenvalue weighted by atomic mass is 79.9. The van der Waals surface area contributed by atoms with E-state index in [1.807, 2.05) is 0 Å². The maximum Gasteiger partial charge on any atom is 0.573 e. The fraction of sp³-hybridized carbons (Fsp3) is 0.385. The Hall–Kier alpha value is -1.19. The van der Waals surface area contributed by atoms with Crippen molar-refractivity contribution in [2.75, 3.05) is 6.54 Å². The zero-order valence-corrected chi connectivity index (χ0v) is 11.9. The lowest BCUT2D eigenvalue weighted by molar-refractivity contribution is -0.274. The van der Waals surface area contributed by atoms with Crippen LogP contribution in [0.1, 0.15) is 18.9 Å². The lowest BCUT2D eigenvalue weighted by Gasteiger charge is -2.11. The molecule has 0 aliphatic carbocycles. The zero-order chi connectivity index (χ0) is 14.3. The Kier molecular flexibility index (Phi) is 6.19. The van der Waals surface area contributed by atoms with Gasteiger partial charge in [0.15, 0.2) is 0 Å². The van der Waals surface area contributed by atoms with Crippen molar-refractivity contribution in [3.05, 3.63) is 28.2 Å². The number of nitrogens with one attached hydrogen (secondary N) is 1. The van der Waals surface area contributed by atoms with Crippen LogP contribution in [0.25, 0.3) is 0 Å². The SMILES string of the molecule is CC#CCCNCc1ccc(OC(F)(F)F)c(Br)c1. The Balaban J connectivity index is 2.53. The quantitative estimate of drug-likeness (QED) is 0.651. The van der Waals surface area contributed by atoms with Gasteiger partial charge in [0.25, 0.3) is 0 Å². The van der Waals surface area contributed by atoms with E-state index in [4.69, 9.17) is 0 Å². The van der Waals surface area contributed by atoms with E-state index in [2.05, 4.69) is 37.8 Å². The van der Waals surface area contributed by atoms with Crippen molar-refractivity contribution in [3.8, 4) is 17.6 Å². The second-order valence-corrected chi connectivity index (χ2v) is 4.52. The summed E-state index contributed by atoms with van der Waals surface area (Å²) in [5.41, 5.74) is 0.867. The van der Waals surface area contributed by atoms with Crippen LogP contribution < -0.4 is 10.1 Å². The van der Waals surface area contributed by atoms with Crippen molar-refractivity contribution in [2.24, 2.45) is 0 Å². The molecule has 0 saturated carbocycles. The van der Waals surface area contributed by atoms with Gasteiger partial charge in [-0.15, -0.1) is 25.0 Å². The Morgan fingerprint density at radius 2 is 2.11 bits per heavy atom. The fourth-order valence-electron chi connectivity index (χ4n) is 1.37. The molecule has 0 unspecified atom stereocenters. The standard InChI is InChI=1S/C13H13BrF3NO/c1-2-3-4-7-18-9-10-5-6-12(11(14)8-10)19-13(15,16)17/h5-6,8,18H,4,7,9H2,1H3. The van der Waals surface area contributed by atoms with Crippen LogP contribution in [0.4, 0.5) is 13.2 Å². The van der Waals surface area contributed by atoms with E-state index < -0.39 is 6.36 Å². The third-order valence-electron chi connectivity index (χ3n) is 2.15. The summed E-state index contributed by atoms with van der Waals surface area (Å²) in [7, 11) is 0. The predicted octanol–water partition coefficient (Wildman–Crippen LogP) is 3.85. The van der Waals surface area contributed by atoms with Gasteiger partial charge in [0.05, 0.1) is 4.47 Å². The third-order valence-corrected chi connectivity index (χ3v) is 2.77. The van der Waals surface area contributed by atoms with Crippen molar-refractivity contribution in [1.82, 2.24) is 5.32 Å². The highest BCUT2D eigenvalue weighted by Crippen LogP contribution is 2.30. The maximum atomic E-state index is 12.1. The smallest absolute Gasteiger partial charge is 0.405 e. The molecule has 0 spiro atoms. The molecule has 2 nitrogen and oxygen atoms in total. The lowest BCUT2D eigenvalue weighted by Crippen LogP contribution is -2.18. The minimum absolute atomic E-state index is 0.243. The summed E-state index contributed by atoms with van der Waals surface area (Å²) in [5.74, 6) is 5.46. The molecule has 1 aromatic carbocycles. The number of benzene rings is 1. The third kappa shape index (κ3) is 6.50. The van der Waals surface area contributed by atoms with Crippen molar-refractivity contribution in [2.45, 2.75) is 26.3 Å². The Labute approximate surface area is 118 Å². The summed E-state index contributed by atoms with van der Waals surface area (Å²) >= 11 is 3.06. The Morgan fingerprint density at radius 1 is 1.37 bits per heavy atom. The highest BCUT2D eigenvalue weighted by Gasteiger charge is 2.31. The van der Waals surface area contributed by atoms with Crippen LogP contribution in [-0.4, -0.2) is 12.9 Å². The largest absolute Gasteiger partial charge is 0.573 e. The molecule has 0 radical (unpaired) electrons. The van der Waals surface area contributed by atoms with Gasteiger partial charge >= 0.3 is 6.36 Å². The molecule has 0 atom stereocenters. The predicted molar refractivity (Wildman–Crippen MR) is 70.6 cm³/mol. The summed E-state index contributed by atoms with van der Waals surface area (Å²) in [5, 5.41) is 3.15. The number of rotatable bonds is 5. The average Bonchev–Trinajstić information content (AvgIpc) is 2.31. The first-order valence-corrected chi connectivity index (χ1v) is 6.36. The topological polar surface area (TPSA) is 21.3 Å². The zero-order valence-electron chi connectivity index (χ0n) is 10.3. The molecule has 1 rings (SSSR count). The van der Waals surface area contributed by atoms with E-state index >= 15 is 0 Å². The van der Waals surface area contributed by atoms with E-state index in [1.165, 1.54) is 6.07 Å². The van der Waals surface area contributed by atoms with Gasteiger partial charge in [-0.2, -0.15) is 0 Å². The molecule has 0 bridgehead atoms. The number of halogens is 4. The number of hydrogen-bond acceptors (Lipinski definition) is 2. The van der Waals surface area contributed by atoms with Gasteiger partial charge in [0.2, 0.25) is 0 Å². The maximum absolute atomic E-state index is 12.1. The van der Waals surface area contributed by atoms with E-state index in [-0.39, 0.29) is 10.2 Å². The molecule has 1 N–H and O–H groups in total. The molecule has 0 aliphatic heterocycles. The lowest BCUT2D eigenvalue weighted by atomic mass is 10.2. The number of hydrogen-bond donors (Lipinski definition) is 1. The van der Waals surface area contributed by atoms with Crippen LogP contribution in [0.3, 0.4) is 0 Å². The van der Waals surface area contributed by atoms with E-state index in [9.17, 15) is 13.2 Å². The molecular weight excluding hydrogens is 323 g/mol. The van der Waals surface area contributed by atoms with Gasteiger partial charge in [-0.05, 0) is 40.5 Å². The van der Waals surface area contributed by atoms with Crippen molar-refractivity contribution >= 4 is 15.9 Å². The molecule has 0 amide bonds. The molecule has 6 heteroatoms. The van der Waals surface area contributed by atoms with Crippen LogP contribution >= 0.6 is 15.9 Å². The van der Waals surface area contributed by atoms with Gasteiger partial charge < -0.3 is 10.1 Å². The van der Waals surface area contributed by atoms with Crippen LogP contribution in [0.2, 0.25) is 0 Å². The minimum Gasteiger partial charge on any atom is -0.405 e. The van der Waals surface area contributed by atoms with E-state index in [0.29, 0.717) is 6.54 Å². The van der Waals surface area contributed by atoms with Gasteiger partial charge in [-0.3, -0.25) is 0 Å². The van der Waals surface area contributed by atoms with Gasteiger partial charge in [-0.25, -0.2) is 0 Å².